The summed E-state index contributed by atoms with van der Waals surface area (Å²) in [6.07, 6.45) is -50.8. The lowest BCUT2D eigenvalue weighted by atomic mass is 9.12. The van der Waals surface area contributed by atoms with Gasteiger partial charge in [-0.2, -0.15) is 127 Å². The highest BCUT2D eigenvalue weighted by molar-refractivity contribution is 7.20. The van der Waals surface area contributed by atoms with Crippen LogP contribution in [0.4, 0.5) is 105 Å². The molecule has 1 aromatic heterocycles. The summed E-state index contributed by atoms with van der Waals surface area (Å²) in [7, 11) is 0. The van der Waals surface area contributed by atoms with Gasteiger partial charge < -0.3 is 5.11 Å². The van der Waals surface area contributed by atoms with Crippen LogP contribution >= 0.6 is 0 Å². The highest BCUT2D eigenvalue weighted by atomic mass is 19.4. The number of hydrogen-bond acceptors (Lipinski definition) is 1. The van der Waals surface area contributed by atoms with Crippen molar-refractivity contribution in [3.63, 3.8) is 0 Å². The largest absolute Gasteiger partial charge is 0.507 e. The predicted octanol–water partition coefficient (Wildman–Crippen LogP) is 14.1. The van der Waals surface area contributed by atoms with Crippen molar-refractivity contribution in [3.05, 3.63) is 190 Å². The first-order valence-corrected chi connectivity index (χ1v) is 20.6. The fourth-order valence-electron chi connectivity index (χ4n) is 8.20. The van der Waals surface area contributed by atoms with Gasteiger partial charge in [0.1, 0.15) is 11.9 Å². The third-order valence-electron chi connectivity index (χ3n) is 11.5. The average Bonchev–Trinajstić information content (AvgIpc) is 3.27. The second-order valence-electron chi connectivity index (χ2n) is 16.6. The van der Waals surface area contributed by atoms with Crippen molar-refractivity contribution in [3.8, 4) is 5.75 Å². The Balaban J connectivity index is 0.000000421. The lowest BCUT2D eigenvalue weighted by Gasteiger charge is -2.46. The Kier molecular flexibility index (Phi) is 14.9. The molecular weight excluding hydrogens is 1070 g/mol. The molecule has 1 heterocycles. The summed E-state index contributed by atoms with van der Waals surface area (Å²) in [6, 6.07) is 9.08. The standard InChI is InChI=1S/C32H12BF24.C16H13NO/c34-25(35,36)13-1-14(26(37,38)39)6-21(5-13)33(22-7-15(27(40,41)42)2-16(8-22)28(43,44)45,23-9-17(29(46,47)48)3-18(10-23)30(49,50)51)24-11-19(31(52,53)54)4-20(12-24)32(55,56)57;18-16-8-4-7-14-9-10-17(12-15(14)16)11-13-5-2-1-3-6-13/h1-12H;1-10,12H,11H2/q-1;/p+1. The molecule has 0 bridgehead atoms. The van der Waals surface area contributed by atoms with E-state index in [1.807, 2.05) is 48.8 Å². The number of rotatable bonds is 6. The second kappa shape index (κ2) is 19.6. The maximum atomic E-state index is 14.2. The van der Waals surface area contributed by atoms with E-state index in [0.717, 1.165) is 17.3 Å². The van der Waals surface area contributed by atoms with Crippen LogP contribution in [-0.4, -0.2) is 11.3 Å². The zero-order chi connectivity index (χ0) is 56.3. The summed E-state index contributed by atoms with van der Waals surface area (Å²) in [4.78, 5) is 0. The van der Waals surface area contributed by atoms with Crippen molar-refractivity contribution >= 4 is 38.8 Å². The summed E-state index contributed by atoms with van der Waals surface area (Å²) >= 11 is 0. The van der Waals surface area contributed by atoms with Crippen LogP contribution in [0.25, 0.3) is 10.8 Å². The second-order valence-corrected chi connectivity index (χ2v) is 16.6. The van der Waals surface area contributed by atoms with E-state index in [-0.39, 0.29) is 0 Å². The molecule has 0 amide bonds. The van der Waals surface area contributed by atoms with Crippen LogP contribution in [0.2, 0.25) is 0 Å². The molecule has 400 valence electrons. The van der Waals surface area contributed by atoms with E-state index in [4.69, 9.17) is 0 Å². The Morgan fingerprint density at radius 3 is 0.880 bits per heavy atom. The average molecular weight is 1100 g/mol. The van der Waals surface area contributed by atoms with Crippen molar-refractivity contribution in [2.45, 2.75) is 56.0 Å². The number of pyridine rings is 1. The number of phenolic OH excluding ortho intramolecular Hbond substituents is 1. The topological polar surface area (TPSA) is 24.1 Å². The molecule has 0 saturated heterocycles. The molecule has 0 fully saturated rings. The van der Waals surface area contributed by atoms with E-state index in [1.165, 1.54) is 5.56 Å². The normalized spacial score (nSPS) is 13.4. The van der Waals surface area contributed by atoms with Crippen LogP contribution in [-0.2, 0) is 56.0 Å². The molecular formula is C48H26BF24NO. The van der Waals surface area contributed by atoms with E-state index >= 15 is 0 Å². The van der Waals surface area contributed by atoms with Gasteiger partial charge >= 0.3 is 49.4 Å². The number of hydrogen-bond donors (Lipinski definition) is 1. The summed E-state index contributed by atoms with van der Waals surface area (Å²) < 4.78 is 343. The Morgan fingerprint density at radius 2 is 0.613 bits per heavy atom. The van der Waals surface area contributed by atoms with Crippen molar-refractivity contribution in [2.24, 2.45) is 0 Å². The monoisotopic (exact) mass is 1100 g/mol. The van der Waals surface area contributed by atoms with Gasteiger partial charge in [-0.15, -0.1) is 0 Å². The van der Waals surface area contributed by atoms with Gasteiger partial charge in [-0.05, 0) is 35.7 Å². The smallest absolute Gasteiger partial charge is 0.416 e. The highest BCUT2D eigenvalue weighted by Gasteiger charge is 2.47. The SMILES string of the molecule is FC(F)(F)c1cc([B-](c2cc(C(F)(F)F)cc(C(F)(F)F)c2)(c2cc(C(F)(F)F)cc(C(F)(F)F)c2)c2cc(C(F)(F)F)cc(C(F)(F)F)c2)cc(C(F)(F)F)c1.Oc1cccc2cc[n+](Cc3ccccc3)cc12. The number of nitrogens with zero attached hydrogens (tertiary/aromatic N) is 1. The zero-order valence-electron chi connectivity index (χ0n) is 36.5. The lowest BCUT2D eigenvalue weighted by Crippen LogP contribution is -2.75. The Morgan fingerprint density at radius 1 is 0.333 bits per heavy atom. The molecule has 75 heavy (non-hydrogen) atoms. The van der Waals surface area contributed by atoms with Crippen LogP contribution in [0.15, 0.2) is 140 Å². The third kappa shape index (κ3) is 12.9. The first kappa shape index (κ1) is 57.2. The molecule has 0 saturated carbocycles. The quantitative estimate of drug-likeness (QED) is 0.100. The summed E-state index contributed by atoms with van der Waals surface area (Å²) in [5.41, 5.74) is -29.0. The van der Waals surface area contributed by atoms with E-state index in [9.17, 15) is 110 Å². The van der Waals surface area contributed by atoms with E-state index in [1.54, 1.807) is 6.07 Å². The van der Waals surface area contributed by atoms with Crippen LogP contribution in [0.3, 0.4) is 0 Å². The van der Waals surface area contributed by atoms with Gasteiger partial charge in [0.05, 0.1) is 49.9 Å². The van der Waals surface area contributed by atoms with Gasteiger partial charge in [0.15, 0.2) is 18.9 Å². The van der Waals surface area contributed by atoms with E-state index in [0.29, 0.717) is 5.75 Å². The molecule has 0 aliphatic rings. The minimum absolute atomic E-state index is 0.329. The molecule has 0 radical (unpaired) electrons. The van der Waals surface area contributed by atoms with Gasteiger partial charge in [0.2, 0.25) is 0 Å². The Hall–Kier alpha value is -7.09. The van der Waals surface area contributed by atoms with Crippen molar-refractivity contribution in [1.82, 2.24) is 0 Å². The van der Waals surface area contributed by atoms with Gasteiger partial charge in [-0.25, -0.2) is 4.57 Å². The molecule has 0 atom stereocenters. The predicted molar refractivity (Wildman–Crippen MR) is 221 cm³/mol. The zero-order valence-corrected chi connectivity index (χ0v) is 36.5. The highest BCUT2D eigenvalue weighted by Crippen LogP contribution is 2.41. The molecule has 0 spiro atoms. The third-order valence-corrected chi connectivity index (χ3v) is 11.5. The molecule has 0 aliphatic heterocycles. The van der Waals surface area contributed by atoms with Crippen LogP contribution in [0.1, 0.15) is 50.1 Å². The molecule has 1 N–H and O–H groups in total. The Labute approximate surface area is 405 Å². The number of aromatic nitrogens is 1. The fraction of sp³-hybridized carbons (Fsp3) is 0.188. The summed E-state index contributed by atoms with van der Waals surface area (Å²) in [6.45, 7) is 0.811. The summed E-state index contributed by atoms with van der Waals surface area (Å²) in [5.74, 6) is 0.329. The van der Waals surface area contributed by atoms with Crippen molar-refractivity contribution in [1.29, 1.82) is 0 Å². The molecule has 27 heteroatoms. The van der Waals surface area contributed by atoms with E-state index in [2.05, 4.69) is 16.7 Å². The first-order valence-electron chi connectivity index (χ1n) is 20.6. The maximum Gasteiger partial charge on any atom is 0.416 e. The molecule has 0 unspecified atom stereocenters. The fourth-order valence-corrected chi connectivity index (χ4v) is 8.20. The Bertz CT molecular complexity index is 2760. The first-order chi connectivity index (χ1) is 34.1. The maximum absolute atomic E-state index is 14.2. The minimum Gasteiger partial charge on any atom is -0.507 e. The number of benzene rings is 6. The molecule has 0 aliphatic carbocycles. The van der Waals surface area contributed by atoms with Crippen molar-refractivity contribution < 1.29 is 115 Å². The number of aromatic hydroxyl groups is 1. The van der Waals surface area contributed by atoms with Gasteiger partial charge in [-0.1, -0.05) is 91.0 Å². The van der Waals surface area contributed by atoms with Gasteiger partial charge in [-0.3, -0.25) is 0 Å². The number of alkyl halides is 24. The molecule has 7 aromatic rings. The number of fused-ring (bicyclic) bond motifs is 1. The van der Waals surface area contributed by atoms with Crippen LogP contribution in [0.5, 0.6) is 5.75 Å². The van der Waals surface area contributed by atoms with Gasteiger partial charge in [0, 0.05) is 11.6 Å². The summed E-state index contributed by atoms with van der Waals surface area (Å²) in [5, 5.41) is 11.8. The van der Waals surface area contributed by atoms with Crippen molar-refractivity contribution in [2.75, 3.05) is 0 Å². The van der Waals surface area contributed by atoms with Crippen LogP contribution in [0, 0.1) is 0 Å². The lowest BCUT2D eigenvalue weighted by molar-refractivity contribution is -0.687. The minimum atomic E-state index is -6.13. The molecule has 6 aromatic carbocycles. The molecule has 7 rings (SSSR count). The number of phenols is 1. The van der Waals surface area contributed by atoms with E-state index < -0.39 is 195 Å². The van der Waals surface area contributed by atoms with Crippen LogP contribution < -0.4 is 26.4 Å². The molecule has 2 nitrogen and oxygen atoms in total. The van der Waals surface area contributed by atoms with Gasteiger partial charge in [0.25, 0.3) is 0 Å². The number of halogens is 24.